The van der Waals surface area contributed by atoms with Crippen molar-refractivity contribution in [2.45, 2.75) is 51.2 Å². The van der Waals surface area contributed by atoms with Crippen molar-refractivity contribution < 1.29 is 23.5 Å². The molecule has 0 spiro atoms. The van der Waals surface area contributed by atoms with Gasteiger partial charge in [-0.05, 0) is 39.2 Å². The van der Waals surface area contributed by atoms with Crippen LogP contribution < -0.4 is 10.7 Å². The molecule has 2 aromatic rings. The summed E-state index contributed by atoms with van der Waals surface area (Å²) in [5.74, 6) is -3.59. The number of amides is 2. The quantitative estimate of drug-likeness (QED) is 0.781. The first-order chi connectivity index (χ1) is 14.6. The average Bonchev–Trinajstić information content (AvgIpc) is 2.85. The first-order valence-electron chi connectivity index (χ1n) is 10.1. The number of rotatable bonds is 3. The van der Waals surface area contributed by atoms with Gasteiger partial charge in [-0.3, -0.25) is 14.4 Å². The van der Waals surface area contributed by atoms with Gasteiger partial charge in [-0.1, -0.05) is 6.07 Å². The third kappa shape index (κ3) is 3.47. The van der Waals surface area contributed by atoms with E-state index in [-0.39, 0.29) is 29.4 Å². The number of aromatic nitrogens is 1. The predicted molar refractivity (Wildman–Crippen MR) is 108 cm³/mol. The van der Waals surface area contributed by atoms with E-state index in [1.54, 1.807) is 4.90 Å². The van der Waals surface area contributed by atoms with E-state index in [2.05, 4.69) is 5.32 Å². The maximum Gasteiger partial charge on any atom is 0.274 e. The van der Waals surface area contributed by atoms with Gasteiger partial charge in [-0.25, -0.2) is 8.78 Å². The van der Waals surface area contributed by atoms with E-state index in [0.717, 1.165) is 18.9 Å². The number of pyridine rings is 1. The molecule has 1 saturated heterocycles. The molecule has 0 radical (unpaired) electrons. The number of fused-ring (bicyclic) bond motifs is 4. The van der Waals surface area contributed by atoms with E-state index in [1.165, 1.54) is 16.8 Å². The highest BCUT2D eigenvalue weighted by atomic mass is 19.1. The van der Waals surface area contributed by atoms with Crippen molar-refractivity contribution in [3.63, 3.8) is 0 Å². The van der Waals surface area contributed by atoms with Gasteiger partial charge in [0, 0.05) is 37.0 Å². The number of benzene rings is 1. The molecule has 4 rings (SSSR count). The summed E-state index contributed by atoms with van der Waals surface area (Å²) in [6.45, 7) is 4.00. The summed E-state index contributed by atoms with van der Waals surface area (Å²) in [5.41, 5.74) is -1.96. The fourth-order valence-corrected chi connectivity index (χ4v) is 4.47. The van der Waals surface area contributed by atoms with E-state index in [4.69, 9.17) is 0 Å². The minimum atomic E-state index is -0.965. The molecule has 9 heteroatoms. The van der Waals surface area contributed by atoms with Crippen molar-refractivity contribution in [2.24, 2.45) is 0 Å². The van der Waals surface area contributed by atoms with Crippen LogP contribution >= 0.6 is 0 Å². The molecule has 7 nitrogen and oxygen atoms in total. The topological polar surface area (TPSA) is 91.6 Å². The Labute approximate surface area is 177 Å². The molecule has 31 heavy (non-hydrogen) atoms. The zero-order valence-corrected chi connectivity index (χ0v) is 17.2. The maximum absolute atomic E-state index is 13.8. The third-order valence-corrected chi connectivity index (χ3v) is 6.31. The van der Waals surface area contributed by atoms with Crippen LogP contribution in [0.15, 0.2) is 29.2 Å². The highest BCUT2D eigenvalue weighted by molar-refractivity contribution is 5.99. The van der Waals surface area contributed by atoms with E-state index < -0.39 is 40.2 Å². The minimum absolute atomic E-state index is 0.0221. The zero-order chi connectivity index (χ0) is 22.5. The van der Waals surface area contributed by atoms with Crippen molar-refractivity contribution in [1.82, 2.24) is 14.8 Å². The van der Waals surface area contributed by atoms with Crippen LogP contribution in [0.3, 0.4) is 0 Å². The standard InChI is InChI=1S/C22H23F2N3O4/c1-12-4-3-7-22(2)11-26(12)21(31)17-19(29)18(28)15(10-27(17)22)20(30)25-9-13-5-6-14(23)8-16(13)24/h5-6,8,10,12,29H,3-4,7,9,11H2,1-2H3,(H,25,30)/t12-,22+/m1/s1. The van der Waals surface area contributed by atoms with Gasteiger partial charge in [0.05, 0.1) is 5.54 Å². The van der Waals surface area contributed by atoms with Crippen LogP contribution in [-0.4, -0.2) is 39.0 Å². The molecule has 164 valence electrons. The normalized spacial score (nSPS) is 22.6. The van der Waals surface area contributed by atoms with E-state index in [9.17, 15) is 28.3 Å². The van der Waals surface area contributed by atoms with Crippen LogP contribution in [0.25, 0.3) is 0 Å². The molecule has 0 unspecified atom stereocenters. The average molecular weight is 431 g/mol. The summed E-state index contributed by atoms with van der Waals surface area (Å²) in [6.07, 6.45) is 3.66. The zero-order valence-electron chi connectivity index (χ0n) is 17.2. The van der Waals surface area contributed by atoms with Crippen LogP contribution in [-0.2, 0) is 12.1 Å². The molecule has 0 aliphatic carbocycles. The molecular weight excluding hydrogens is 408 g/mol. The van der Waals surface area contributed by atoms with Gasteiger partial charge >= 0.3 is 0 Å². The molecule has 2 atom stereocenters. The number of carbonyl (C=O) groups excluding carboxylic acids is 2. The van der Waals surface area contributed by atoms with Gasteiger partial charge in [0.15, 0.2) is 11.4 Å². The van der Waals surface area contributed by atoms with Gasteiger partial charge in [0.1, 0.15) is 17.2 Å². The number of nitrogens with one attached hydrogen (secondary N) is 1. The highest BCUT2D eigenvalue weighted by Gasteiger charge is 2.44. The van der Waals surface area contributed by atoms with Crippen LogP contribution in [0.5, 0.6) is 5.75 Å². The first-order valence-corrected chi connectivity index (χ1v) is 10.1. The number of halogens is 2. The number of hydrogen-bond acceptors (Lipinski definition) is 4. The largest absolute Gasteiger partial charge is 0.503 e. The molecular formula is C22H23F2N3O4. The summed E-state index contributed by atoms with van der Waals surface area (Å²) in [6, 6.07) is 2.94. The number of nitrogens with zero attached hydrogens (tertiary/aromatic N) is 2. The van der Waals surface area contributed by atoms with Crippen molar-refractivity contribution >= 4 is 11.8 Å². The number of carbonyl (C=O) groups is 2. The van der Waals surface area contributed by atoms with Crippen LogP contribution in [0.2, 0.25) is 0 Å². The van der Waals surface area contributed by atoms with Crippen molar-refractivity contribution in [3.05, 3.63) is 63.1 Å². The summed E-state index contributed by atoms with van der Waals surface area (Å²) in [5, 5.41) is 13.0. The predicted octanol–water partition coefficient (Wildman–Crippen LogP) is 2.51. The van der Waals surface area contributed by atoms with Crippen LogP contribution in [0, 0.1) is 11.6 Å². The Bertz CT molecular complexity index is 1150. The van der Waals surface area contributed by atoms with E-state index >= 15 is 0 Å². The lowest BCUT2D eigenvalue weighted by atomic mass is 9.92. The Kier molecular flexibility index (Phi) is 5.07. The summed E-state index contributed by atoms with van der Waals surface area (Å²) in [7, 11) is 0. The molecule has 1 fully saturated rings. The Balaban J connectivity index is 1.71. The minimum Gasteiger partial charge on any atom is -0.503 e. The molecule has 0 saturated carbocycles. The molecule has 2 aliphatic rings. The summed E-state index contributed by atoms with van der Waals surface area (Å²) >= 11 is 0. The maximum atomic E-state index is 13.8. The molecule has 2 bridgehead atoms. The lowest BCUT2D eigenvalue weighted by Crippen LogP contribution is -2.54. The fraction of sp³-hybridized carbons (Fsp3) is 0.409. The highest BCUT2D eigenvalue weighted by Crippen LogP contribution is 2.38. The van der Waals surface area contributed by atoms with Crippen LogP contribution in [0.1, 0.15) is 59.5 Å². The number of hydrogen-bond donors (Lipinski definition) is 2. The SMILES string of the molecule is C[C@@H]1CCC[C@@]2(C)CN1C(=O)c1c(O)c(=O)c(C(=O)NCc3ccc(F)cc3F)cn12. The van der Waals surface area contributed by atoms with Gasteiger partial charge in [-0.2, -0.15) is 0 Å². The molecule has 3 heterocycles. The van der Waals surface area contributed by atoms with E-state index in [0.29, 0.717) is 19.0 Å². The number of aromatic hydroxyl groups is 1. The molecule has 1 aromatic heterocycles. The Morgan fingerprint density at radius 2 is 2.06 bits per heavy atom. The first kappa shape index (κ1) is 21.0. The monoisotopic (exact) mass is 431 g/mol. The summed E-state index contributed by atoms with van der Waals surface area (Å²) in [4.78, 5) is 40.1. The van der Waals surface area contributed by atoms with E-state index in [1.807, 2.05) is 13.8 Å². The molecule has 1 aromatic carbocycles. The molecule has 2 aliphatic heterocycles. The Morgan fingerprint density at radius 3 is 2.77 bits per heavy atom. The molecule has 2 N–H and O–H groups in total. The Hall–Kier alpha value is -3.23. The lowest BCUT2D eigenvalue weighted by Gasteiger charge is -2.43. The second kappa shape index (κ2) is 7.47. The van der Waals surface area contributed by atoms with Gasteiger partial charge in [0.25, 0.3) is 11.8 Å². The van der Waals surface area contributed by atoms with Gasteiger partial charge < -0.3 is 19.9 Å². The van der Waals surface area contributed by atoms with Gasteiger partial charge in [-0.15, -0.1) is 0 Å². The van der Waals surface area contributed by atoms with Crippen molar-refractivity contribution in [1.29, 1.82) is 0 Å². The lowest BCUT2D eigenvalue weighted by molar-refractivity contribution is 0.0510. The third-order valence-electron chi connectivity index (χ3n) is 6.31. The molecule has 2 amide bonds. The van der Waals surface area contributed by atoms with Crippen molar-refractivity contribution in [2.75, 3.05) is 6.54 Å². The second-order valence-electron chi connectivity index (χ2n) is 8.53. The van der Waals surface area contributed by atoms with Gasteiger partial charge in [0.2, 0.25) is 5.43 Å². The fourth-order valence-electron chi connectivity index (χ4n) is 4.47. The smallest absolute Gasteiger partial charge is 0.274 e. The van der Waals surface area contributed by atoms with Crippen molar-refractivity contribution in [3.8, 4) is 5.75 Å². The summed E-state index contributed by atoms with van der Waals surface area (Å²) < 4.78 is 28.4. The Morgan fingerprint density at radius 1 is 1.32 bits per heavy atom. The second-order valence-corrected chi connectivity index (χ2v) is 8.53. The van der Waals surface area contributed by atoms with Crippen LogP contribution in [0.4, 0.5) is 8.78 Å².